The summed E-state index contributed by atoms with van der Waals surface area (Å²) >= 11 is 0. The van der Waals surface area contributed by atoms with Crippen molar-refractivity contribution in [3.63, 3.8) is 0 Å². The van der Waals surface area contributed by atoms with Gasteiger partial charge in [-0.2, -0.15) is 0 Å². The Morgan fingerprint density at radius 3 is 2.29 bits per heavy atom. The third-order valence-electron chi connectivity index (χ3n) is 3.74. The van der Waals surface area contributed by atoms with Crippen molar-refractivity contribution in [3.8, 4) is 11.5 Å². The first kappa shape index (κ1) is 13.7. The minimum atomic E-state index is 0.532. The zero-order chi connectivity index (χ0) is 14.8. The van der Waals surface area contributed by atoms with E-state index in [2.05, 4.69) is 38.1 Å². The SMILES string of the molecule is Cc1ccc(Oc2ccc(CN)c3ccccc23)c(C)c1. The maximum absolute atomic E-state index is 6.14. The predicted octanol–water partition coefficient (Wildman–Crippen LogP) is 4.71. The van der Waals surface area contributed by atoms with Gasteiger partial charge in [0.2, 0.25) is 0 Å². The van der Waals surface area contributed by atoms with Crippen LogP contribution in [0.15, 0.2) is 54.6 Å². The number of aryl methyl sites for hydroxylation is 2. The summed E-state index contributed by atoms with van der Waals surface area (Å²) in [7, 11) is 0. The van der Waals surface area contributed by atoms with Crippen LogP contribution in [0.3, 0.4) is 0 Å². The highest BCUT2D eigenvalue weighted by Crippen LogP contribution is 2.33. The fraction of sp³-hybridized carbons (Fsp3) is 0.158. The topological polar surface area (TPSA) is 35.2 Å². The molecule has 3 rings (SSSR count). The van der Waals surface area contributed by atoms with Crippen LogP contribution in [0, 0.1) is 13.8 Å². The molecule has 3 aromatic carbocycles. The summed E-state index contributed by atoms with van der Waals surface area (Å²) in [5, 5.41) is 2.25. The Kier molecular flexibility index (Phi) is 3.63. The van der Waals surface area contributed by atoms with Crippen LogP contribution < -0.4 is 10.5 Å². The zero-order valence-corrected chi connectivity index (χ0v) is 12.4. The third-order valence-corrected chi connectivity index (χ3v) is 3.74. The number of rotatable bonds is 3. The van der Waals surface area contributed by atoms with Crippen molar-refractivity contribution in [2.45, 2.75) is 20.4 Å². The first-order valence-electron chi connectivity index (χ1n) is 7.15. The molecule has 2 heteroatoms. The van der Waals surface area contributed by atoms with Crippen molar-refractivity contribution in [2.75, 3.05) is 0 Å². The van der Waals surface area contributed by atoms with Gasteiger partial charge in [-0.3, -0.25) is 0 Å². The lowest BCUT2D eigenvalue weighted by Crippen LogP contribution is -1.98. The molecule has 0 saturated carbocycles. The van der Waals surface area contributed by atoms with Gasteiger partial charge >= 0.3 is 0 Å². The van der Waals surface area contributed by atoms with Gasteiger partial charge in [-0.1, -0.05) is 48.0 Å². The standard InChI is InChI=1S/C19H19NO/c1-13-7-9-18(14(2)11-13)21-19-10-8-15(12-20)16-5-3-4-6-17(16)19/h3-11H,12,20H2,1-2H3. The summed E-state index contributed by atoms with van der Waals surface area (Å²) in [6.45, 7) is 4.69. The summed E-state index contributed by atoms with van der Waals surface area (Å²) in [4.78, 5) is 0. The maximum atomic E-state index is 6.14. The first-order valence-corrected chi connectivity index (χ1v) is 7.15. The second kappa shape index (κ2) is 5.58. The Morgan fingerprint density at radius 1 is 0.857 bits per heavy atom. The van der Waals surface area contributed by atoms with Crippen molar-refractivity contribution >= 4 is 10.8 Å². The van der Waals surface area contributed by atoms with Crippen LogP contribution >= 0.6 is 0 Å². The van der Waals surface area contributed by atoms with Crippen molar-refractivity contribution < 1.29 is 4.74 Å². The molecular weight excluding hydrogens is 258 g/mol. The molecule has 0 heterocycles. The summed E-state index contributed by atoms with van der Waals surface area (Å²) in [5.41, 5.74) is 9.34. The van der Waals surface area contributed by atoms with E-state index >= 15 is 0 Å². The molecule has 0 fully saturated rings. The van der Waals surface area contributed by atoms with Crippen molar-refractivity contribution in [3.05, 3.63) is 71.3 Å². The van der Waals surface area contributed by atoms with Crippen LogP contribution in [0.4, 0.5) is 0 Å². The molecular formula is C19H19NO. The molecule has 0 aliphatic carbocycles. The van der Waals surface area contributed by atoms with E-state index < -0.39 is 0 Å². The van der Waals surface area contributed by atoms with Crippen molar-refractivity contribution in [2.24, 2.45) is 5.73 Å². The van der Waals surface area contributed by atoms with E-state index in [0.29, 0.717) is 6.54 Å². The van der Waals surface area contributed by atoms with E-state index in [-0.39, 0.29) is 0 Å². The number of fused-ring (bicyclic) bond motifs is 1. The van der Waals surface area contributed by atoms with Gasteiger partial charge in [0.15, 0.2) is 0 Å². The van der Waals surface area contributed by atoms with Crippen LogP contribution in [0.1, 0.15) is 16.7 Å². The van der Waals surface area contributed by atoms with Gasteiger partial charge in [0.05, 0.1) is 0 Å². The second-order valence-electron chi connectivity index (χ2n) is 5.34. The van der Waals surface area contributed by atoms with Crippen LogP contribution in [-0.2, 0) is 6.54 Å². The highest BCUT2D eigenvalue weighted by molar-refractivity contribution is 5.91. The molecule has 106 valence electrons. The molecule has 0 aromatic heterocycles. The Morgan fingerprint density at radius 2 is 1.57 bits per heavy atom. The lowest BCUT2D eigenvalue weighted by molar-refractivity contribution is 0.484. The number of ether oxygens (including phenoxy) is 1. The van der Waals surface area contributed by atoms with Crippen LogP contribution in [0.5, 0.6) is 11.5 Å². The minimum absolute atomic E-state index is 0.532. The van der Waals surface area contributed by atoms with Crippen LogP contribution in [0.2, 0.25) is 0 Å². The fourth-order valence-corrected chi connectivity index (χ4v) is 2.63. The van der Waals surface area contributed by atoms with Crippen molar-refractivity contribution in [1.29, 1.82) is 0 Å². The van der Waals surface area contributed by atoms with E-state index in [1.165, 1.54) is 5.56 Å². The van der Waals surface area contributed by atoms with Gasteiger partial charge in [-0.05, 0) is 42.5 Å². The molecule has 0 aliphatic heterocycles. The van der Waals surface area contributed by atoms with Crippen molar-refractivity contribution in [1.82, 2.24) is 0 Å². The van der Waals surface area contributed by atoms with E-state index in [0.717, 1.165) is 33.4 Å². The number of hydrogen-bond acceptors (Lipinski definition) is 2. The molecule has 0 bridgehead atoms. The lowest BCUT2D eigenvalue weighted by Gasteiger charge is -2.13. The van der Waals surface area contributed by atoms with Gasteiger partial charge in [-0.25, -0.2) is 0 Å². The maximum Gasteiger partial charge on any atom is 0.135 e. The first-order chi connectivity index (χ1) is 10.2. The van der Waals surface area contributed by atoms with Crippen LogP contribution in [-0.4, -0.2) is 0 Å². The minimum Gasteiger partial charge on any atom is -0.456 e. The number of hydrogen-bond donors (Lipinski definition) is 1. The van der Waals surface area contributed by atoms with E-state index in [4.69, 9.17) is 10.5 Å². The second-order valence-corrected chi connectivity index (χ2v) is 5.34. The quantitative estimate of drug-likeness (QED) is 0.752. The highest BCUT2D eigenvalue weighted by atomic mass is 16.5. The fourth-order valence-electron chi connectivity index (χ4n) is 2.63. The average Bonchev–Trinajstić information content (AvgIpc) is 2.50. The third kappa shape index (κ3) is 2.63. The Balaban J connectivity index is 2.09. The average molecular weight is 277 g/mol. The van der Waals surface area contributed by atoms with E-state index in [1.807, 2.05) is 30.3 Å². The smallest absolute Gasteiger partial charge is 0.135 e. The number of nitrogens with two attached hydrogens (primary N) is 1. The molecule has 0 atom stereocenters. The molecule has 2 nitrogen and oxygen atoms in total. The molecule has 0 saturated heterocycles. The predicted molar refractivity (Wildman–Crippen MR) is 87.8 cm³/mol. The van der Waals surface area contributed by atoms with E-state index in [1.54, 1.807) is 0 Å². The summed E-state index contributed by atoms with van der Waals surface area (Å²) < 4.78 is 6.14. The zero-order valence-electron chi connectivity index (χ0n) is 12.4. The van der Waals surface area contributed by atoms with E-state index in [9.17, 15) is 0 Å². The highest BCUT2D eigenvalue weighted by Gasteiger charge is 2.08. The molecule has 3 aromatic rings. The van der Waals surface area contributed by atoms with Gasteiger partial charge < -0.3 is 10.5 Å². The van der Waals surface area contributed by atoms with Gasteiger partial charge in [0, 0.05) is 11.9 Å². The molecule has 0 radical (unpaired) electrons. The number of benzene rings is 3. The monoisotopic (exact) mass is 277 g/mol. The Labute approximate surface area is 125 Å². The Bertz CT molecular complexity index is 793. The van der Waals surface area contributed by atoms with Gasteiger partial charge in [0.1, 0.15) is 11.5 Å². The molecule has 0 amide bonds. The van der Waals surface area contributed by atoms with Gasteiger partial charge in [0.25, 0.3) is 0 Å². The Hall–Kier alpha value is -2.32. The molecule has 0 aliphatic rings. The molecule has 21 heavy (non-hydrogen) atoms. The van der Waals surface area contributed by atoms with Crippen LogP contribution in [0.25, 0.3) is 10.8 Å². The van der Waals surface area contributed by atoms with Gasteiger partial charge in [-0.15, -0.1) is 0 Å². The molecule has 2 N–H and O–H groups in total. The summed E-state index contributed by atoms with van der Waals surface area (Å²) in [5.74, 6) is 1.76. The summed E-state index contributed by atoms with van der Waals surface area (Å²) in [6.07, 6.45) is 0. The molecule has 0 spiro atoms. The lowest BCUT2D eigenvalue weighted by atomic mass is 10.0. The largest absolute Gasteiger partial charge is 0.456 e. The molecule has 0 unspecified atom stereocenters. The summed E-state index contributed by atoms with van der Waals surface area (Å²) in [6, 6.07) is 18.5. The normalized spacial score (nSPS) is 10.8.